The van der Waals surface area contributed by atoms with Gasteiger partial charge in [-0.05, 0) is 30.0 Å². The summed E-state index contributed by atoms with van der Waals surface area (Å²) in [5, 5.41) is 15.1. The number of carbonyl (C=O) groups is 1. The molecule has 7 nitrogen and oxygen atoms in total. The van der Waals surface area contributed by atoms with Gasteiger partial charge in [-0.3, -0.25) is 9.20 Å². The van der Waals surface area contributed by atoms with Crippen LogP contribution in [0.2, 0.25) is 0 Å². The van der Waals surface area contributed by atoms with E-state index < -0.39 is 0 Å². The fraction of sp³-hybridized carbons (Fsp3) is 0.130. The van der Waals surface area contributed by atoms with Crippen molar-refractivity contribution >= 4 is 28.7 Å². The van der Waals surface area contributed by atoms with Crippen molar-refractivity contribution in [2.75, 3.05) is 5.32 Å². The third-order valence-corrected chi connectivity index (χ3v) is 5.63. The van der Waals surface area contributed by atoms with Gasteiger partial charge in [-0.25, -0.2) is 4.98 Å². The van der Waals surface area contributed by atoms with E-state index in [9.17, 15) is 4.79 Å². The van der Waals surface area contributed by atoms with E-state index in [1.807, 2.05) is 76.8 Å². The number of pyridine rings is 1. The van der Waals surface area contributed by atoms with Crippen LogP contribution in [0.3, 0.4) is 0 Å². The minimum absolute atomic E-state index is 0.143. The Labute approximate surface area is 182 Å². The molecule has 5 aromatic rings. The maximum atomic E-state index is 12.8. The Hall–Kier alpha value is -3.78. The summed E-state index contributed by atoms with van der Waals surface area (Å²) in [6.45, 7) is 2.00. The second-order valence-electron chi connectivity index (χ2n) is 7.12. The van der Waals surface area contributed by atoms with E-state index in [0.717, 1.165) is 28.0 Å². The molecule has 31 heavy (non-hydrogen) atoms. The summed E-state index contributed by atoms with van der Waals surface area (Å²) in [5.74, 6) is 1.42. The van der Waals surface area contributed by atoms with E-state index in [4.69, 9.17) is 9.40 Å². The molecule has 0 saturated heterocycles. The quantitative estimate of drug-likeness (QED) is 0.411. The molecule has 0 fully saturated rings. The molecule has 8 heteroatoms. The lowest BCUT2D eigenvalue weighted by Crippen LogP contribution is -2.14. The number of hydrogen-bond acceptors (Lipinski definition) is 6. The molecule has 1 aromatic carbocycles. The minimum Gasteiger partial charge on any atom is -0.421 e. The second-order valence-corrected chi connectivity index (χ2v) is 7.90. The van der Waals surface area contributed by atoms with Crippen LogP contribution < -0.4 is 5.32 Å². The standard InChI is InChI=1S/C23H19N5O2S/c1-15-6-5-12-28-21(15)25-20(16-7-3-2-4-8-16)22(28)24-18(29)9-10-19-26-27-23(30-19)17-11-13-31-14-17/h2-8,11-14H,9-10H2,1H3,(H,24,29). The fourth-order valence-corrected chi connectivity index (χ4v) is 4.02. The average molecular weight is 430 g/mol. The number of hydrogen-bond donors (Lipinski definition) is 1. The number of amides is 1. The van der Waals surface area contributed by atoms with Crippen molar-refractivity contribution in [3.63, 3.8) is 0 Å². The summed E-state index contributed by atoms with van der Waals surface area (Å²) < 4.78 is 7.59. The first kappa shape index (κ1) is 19.2. The van der Waals surface area contributed by atoms with E-state index in [1.54, 1.807) is 11.3 Å². The molecule has 4 aromatic heterocycles. The zero-order chi connectivity index (χ0) is 21.2. The van der Waals surface area contributed by atoms with Crippen LogP contribution in [0.4, 0.5) is 5.82 Å². The van der Waals surface area contributed by atoms with Crippen LogP contribution in [-0.2, 0) is 11.2 Å². The number of nitrogens with one attached hydrogen (secondary N) is 1. The van der Waals surface area contributed by atoms with Gasteiger partial charge in [0.1, 0.15) is 17.2 Å². The van der Waals surface area contributed by atoms with E-state index in [1.165, 1.54) is 0 Å². The summed E-state index contributed by atoms with van der Waals surface area (Å²) in [4.78, 5) is 17.6. The zero-order valence-corrected chi connectivity index (χ0v) is 17.6. The molecule has 0 aliphatic heterocycles. The van der Waals surface area contributed by atoms with E-state index >= 15 is 0 Å². The maximum Gasteiger partial charge on any atom is 0.248 e. The molecule has 0 unspecified atom stereocenters. The molecular formula is C23H19N5O2S. The van der Waals surface area contributed by atoms with Crippen molar-refractivity contribution in [3.8, 4) is 22.7 Å². The molecule has 1 N–H and O–H groups in total. The van der Waals surface area contributed by atoms with E-state index in [0.29, 0.717) is 24.0 Å². The Bertz CT molecular complexity index is 1340. The number of carbonyl (C=O) groups excluding carboxylic acids is 1. The van der Waals surface area contributed by atoms with Crippen LogP contribution >= 0.6 is 11.3 Å². The van der Waals surface area contributed by atoms with Crippen LogP contribution in [0.5, 0.6) is 0 Å². The van der Waals surface area contributed by atoms with Gasteiger partial charge in [-0.15, -0.1) is 10.2 Å². The molecule has 4 heterocycles. The van der Waals surface area contributed by atoms with Crippen molar-refractivity contribution in [1.82, 2.24) is 19.6 Å². The lowest BCUT2D eigenvalue weighted by molar-refractivity contribution is -0.116. The number of anilines is 1. The van der Waals surface area contributed by atoms with Gasteiger partial charge in [0, 0.05) is 35.5 Å². The van der Waals surface area contributed by atoms with Gasteiger partial charge in [0.25, 0.3) is 0 Å². The largest absolute Gasteiger partial charge is 0.421 e. The first-order valence-electron chi connectivity index (χ1n) is 9.87. The molecule has 5 rings (SSSR count). The SMILES string of the molecule is Cc1cccn2c(NC(=O)CCc3nnc(-c4ccsc4)o3)c(-c3ccccc3)nc12. The summed E-state index contributed by atoms with van der Waals surface area (Å²) in [6, 6.07) is 15.7. The highest BCUT2D eigenvalue weighted by Gasteiger charge is 2.18. The lowest BCUT2D eigenvalue weighted by Gasteiger charge is -2.07. The molecule has 0 saturated carbocycles. The normalized spacial score (nSPS) is 11.1. The number of aromatic nitrogens is 4. The van der Waals surface area contributed by atoms with Crippen LogP contribution in [0.25, 0.3) is 28.4 Å². The summed E-state index contributed by atoms with van der Waals surface area (Å²) >= 11 is 1.57. The van der Waals surface area contributed by atoms with Gasteiger partial charge >= 0.3 is 0 Å². The molecule has 0 aliphatic carbocycles. The summed E-state index contributed by atoms with van der Waals surface area (Å²) in [7, 11) is 0. The Morgan fingerprint density at radius 1 is 1.10 bits per heavy atom. The van der Waals surface area contributed by atoms with Crippen molar-refractivity contribution in [2.45, 2.75) is 19.8 Å². The number of benzene rings is 1. The zero-order valence-electron chi connectivity index (χ0n) is 16.8. The monoisotopic (exact) mass is 429 g/mol. The average Bonchev–Trinajstić information content (AvgIpc) is 3.54. The summed E-state index contributed by atoms with van der Waals surface area (Å²) in [6.07, 6.45) is 2.49. The predicted octanol–water partition coefficient (Wildman–Crippen LogP) is 4.99. The van der Waals surface area contributed by atoms with Crippen LogP contribution in [-0.4, -0.2) is 25.5 Å². The van der Waals surface area contributed by atoms with Gasteiger partial charge in [-0.2, -0.15) is 11.3 Å². The number of rotatable bonds is 6. The highest BCUT2D eigenvalue weighted by atomic mass is 32.1. The molecule has 1 amide bonds. The first-order valence-corrected chi connectivity index (χ1v) is 10.8. The summed E-state index contributed by atoms with van der Waals surface area (Å²) in [5.41, 5.74) is 4.42. The molecule has 0 aliphatic rings. The Kier molecular flexibility index (Phi) is 5.05. The van der Waals surface area contributed by atoms with Crippen molar-refractivity contribution < 1.29 is 9.21 Å². The van der Waals surface area contributed by atoms with Crippen LogP contribution in [0.15, 0.2) is 69.9 Å². The number of fused-ring (bicyclic) bond motifs is 1. The Morgan fingerprint density at radius 3 is 2.77 bits per heavy atom. The van der Waals surface area contributed by atoms with E-state index in [-0.39, 0.29) is 12.3 Å². The lowest BCUT2D eigenvalue weighted by atomic mass is 10.1. The van der Waals surface area contributed by atoms with Crippen LogP contribution in [0.1, 0.15) is 17.9 Å². The van der Waals surface area contributed by atoms with Gasteiger partial charge in [0.05, 0.1) is 0 Å². The smallest absolute Gasteiger partial charge is 0.248 e. The highest BCUT2D eigenvalue weighted by Crippen LogP contribution is 2.30. The number of aryl methyl sites for hydroxylation is 2. The van der Waals surface area contributed by atoms with E-state index in [2.05, 4.69) is 15.5 Å². The predicted molar refractivity (Wildman–Crippen MR) is 120 cm³/mol. The van der Waals surface area contributed by atoms with Gasteiger partial charge in [-0.1, -0.05) is 36.4 Å². The minimum atomic E-state index is -0.143. The Balaban J connectivity index is 1.37. The molecule has 0 atom stereocenters. The maximum absolute atomic E-state index is 12.8. The third kappa shape index (κ3) is 3.85. The van der Waals surface area contributed by atoms with Crippen molar-refractivity contribution in [1.29, 1.82) is 0 Å². The van der Waals surface area contributed by atoms with Gasteiger partial charge in [0.2, 0.25) is 17.7 Å². The third-order valence-electron chi connectivity index (χ3n) is 4.95. The number of imidazole rings is 1. The highest BCUT2D eigenvalue weighted by molar-refractivity contribution is 7.08. The molecular weight excluding hydrogens is 410 g/mol. The van der Waals surface area contributed by atoms with Gasteiger partial charge < -0.3 is 9.73 Å². The van der Waals surface area contributed by atoms with Crippen molar-refractivity contribution in [3.05, 3.63) is 76.9 Å². The molecule has 0 spiro atoms. The molecule has 0 bridgehead atoms. The van der Waals surface area contributed by atoms with Crippen LogP contribution in [0, 0.1) is 6.92 Å². The second kappa shape index (κ2) is 8.16. The number of thiophene rings is 1. The number of nitrogens with zero attached hydrogens (tertiary/aromatic N) is 4. The van der Waals surface area contributed by atoms with Gasteiger partial charge in [0.15, 0.2) is 0 Å². The first-order chi connectivity index (χ1) is 15.2. The molecule has 154 valence electrons. The van der Waals surface area contributed by atoms with Crippen molar-refractivity contribution in [2.24, 2.45) is 0 Å². The Morgan fingerprint density at radius 2 is 1.97 bits per heavy atom. The topological polar surface area (TPSA) is 85.3 Å². The fourth-order valence-electron chi connectivity index (χ4n) is 3.39. The molecule has 0 radical (unpaired) electrons.